The van der Waals surface area contributed by atoms with Gasteiger partial charge in [0, 0.05) is 10.9 Å². The number of rotatable bonds is 6. The average molecular weight is 264 g/mol. The lowest BCUT2D eigenvalue weighted by Gasteiger charge is -2.13. The van der Waals surface area contributed by atoms with Crippen molar-refractivity contribution in [3.63, 3.8) is 0 Å². The minimum Gasteiger partial charge on any atom is -0.459 e. The largest absolute Gasteiger partial charge is 0.459 e. The molecule has 0 amide bonds. The molecule has 1 atom stereocenters. The van der Waals surface area contributed by atoms with Crippen LogP contribution in [0.5, 0.6) is 0 Å². The third-order valence-corrected chi connectivity index (χ3v) is 3.55. The van der Waals surface area contributed by atoms with E-state index in [2.05, 4.69) is 12.3 Å². The molecule has 4 heteroatoms. The Bertz CT molecular complexity index is 550. The molecule has 1 unspecified atom stereocenters. The van der Waals surface area contributed by atoms with Gasteiger partial charge in [0.25, 0.3) is 0 Å². The van der Waals surface area contributed by atoms with Crippen LogP contribution in [0, 0.1) is 12.7 Å². The van der Waals surface area contributed by atoms with Crippen molar-refractivity contribution in [3.05, 3.63) is 35.3 Å². The van der Waals surface area contributed by atoms with Crippen LogP contribution in [0.1, 0.15) is 50.0 Å². The van der Waals surface area contributed by atoms with Crippen molar-refractivity contribution in [2.75, 3.05) is 0 Å². The molecule has 104 valence electrons. The SMILES string of the molecule is CCCCCC(NN)c1oc2ccc(F)cc2c1C. The topological polar surface area (TPSA) is 51.2 Å². The summed E-state index contributed by atoms with van der Waals surface area (Å²) in [5, 5.41) is 0.825. The number of halogens is 1. The van der Waals surface area contributed by atoms with E-state index in [0.29, 0.717) is 5.58 Å². The third kappa shape index (κ3) is 2.96. The normalized spacial score (nSPS) is 13.1. The number of unbranched alkanes of at least 4 members (excludes halogenated alkanes) is 2. The van der Waals surface area contributed by atoms with Gasteiger partial charge in [0.15, 0.2) is 0 Å². The molecule has 0 radical (unpaired) electrons. The van der Waals surface area contributed by atoms with Crippen LogP contribution in [0.2, 0.25) is 0 Å². The van der Waals surface area contributed by atoms with Crippen LogP contribution in [0.25, 0.3) is 11.0 Å². The quantitative estimate of drug-likeness (QED) is 0.471. The Labute approximate surface area is 112 Å². The monoisotopic (exact) mass is 264 g/mol. The van der Waals surface area contributed by atoms with Gasteiger partial charge in [-0.3, -0.25) is 5.84 Å². The van der Waals surface area contributed by atoms with Crippen LogP contribution in [0.15, 0.2) is 22.6 Å². The van der Waals surface area contributed by atoms with E-state index < -0.39 is 0 Å². The molecule has 2 aromatic rings. The zero-order chi connectivity index (χ0) is 13.8. The molecule has 1 heterocycles. The molecule has 0 fully saturated rings. The van der Waals surface area contributed by atoms with E-state index in [9.17, 15) is 4.39 Å². The highest BCUT2D eigenvalue weighted by atomic mass is 19.1. The van der Waals surface area contributed by atoms with E-state index in [1.165, 1.54) is 25.0 Å². The van der Waals surface area contributed by atoms with Gasteiger partial charge in [-0.05, 0) is 31.5 Å². The first kappa shape index (κ1) is 14.0. The van der Waals surface area contributed by atoms with E-state index >= 15 is 0 Å². The molecule has 19 heavy (non-hydrogen) atoms. The van der Waals surface area contributed by atoms with Crippen LogP contribution < -0.4 is 11.3 Å². The first-order valence-corrected chi connectivity index (χ1v) is 6.82. The fraction of sp³-hybridized carbons (Fsp3) is 0.467. The van der Waals surface area contributed by atoms with E-state index in [0.717, 1.165) is 29.6 Å². The van der Waals surface area contributed by atoms with Gasteiger partial charge in [0.1, 0.15) is 17.2 Å². The number of hydrogen-bond acceptors (Lipinski definition) is 3. The molecular weight excluding hydrogens is 243 g/mol. The summed E-state index contributed by atoms with van der Waals surface area (Å²) >= 11 is 0. The van der Waals surface area contributed by atoms with E-state index in [1.807, 2.05) is 6.92 Å². The number of benzene rings is 1. The lowest BCUT2D eigenvalue weighted by atomic mass is 10.0. The molecule has 0 bridgehead atoms. The van der Waals surface area contributed by atoms with Crippen LogP contribution >= 0.6 is 0 Å². The van der Waals surface area contributed by atoms with Gasteiger partial charge in [0.05, 0.1) is 6.04 Å². The average Bonchev–Trinajstić information content (AvgIpc) is 2.72. The van der Waals surface area contributed by atoms with Crippen molar-refractivity contribution in [3.8, 4) is 0 Å². The summed E-state index contributed by atoms with van der Waals surface area (Å²) in [6, 6.07) is 4.58. The highest BCUT2D eigenvalue weighted by Crippen LogP contribution is 2.31. The van der Waals surface area contributed by atoms with Crippen LogP contribution in [0.3, 0.4) is 0 Å². The molecule has 0 aliphatic heterocycles. The van der Waals surface area contributed by atoms with Crippen molar-refractivity contribution in [1.82, 2.24) is 5.43 Å². The zero-order valence-electron chi connectivity index (χ0n) is 11.5. The molecule has 3 nitrogen and oxygen atoms in total. The second-order valence-corrected chi connectivity index (χ2v) is 4.95. The molecule has 0 aliphatic rings. The molecule has 1 aromatic carbocycles. The summed E-state index contributed by atoms with van der Waals surface area (Å²) in [6.07, 6.45) is 4.36. The first-order valence-electron chi connectivity index (χ1n) is 6.82. The summed E-state index contributed by atoms with van der Waals surface area (Å²) in [6.45, 7) is 4.12. The van der Waals surface area contributed by atoms with Crippen molar-refractivity contribution in [2.24, 2.45) is 5.84 Å². The molecule has 1 aromatic heterocycles. The van der Waals surface area contributed by atoms with Gasteiger partial charge in [-0.2, -0.15) is 0 Å². The van der Waals surface area contributed by atoms with Crippen LogP contribution in [-0.2, 0) is 0 Å². The smallest absolute Gasteiger partial charge is 0.134 e. The molecule has 0 aliphatic carbocycles. The Morgan fingerprint density at radius 3 is 2.84 bits per heavy atom. The number of fused-ring (bicyclic) bond motifs is 1. The molecule has 0 saturated heterocycles. The summed E-state index contributed by atoms with van der Waals surface area (Å²) in [4.78, 5) is 0. The predicted molar refractivity (Wildman–Crippen MR) is 75.1 cm³/mol. The number of hydrogen-bond donors (Lipinski definition) is 2. The second kappa shape index (κ2) is 6.17. The van der Waals surface area contributed by atoms with E-state index in [-0.39, 0.29) is 11.9 Å². The third-order valence-electron chi connectivity index (χ3n) is 3.55. The fourth-order valence-electron chi connectivity index (χ4n) is 2.43. The lowest BCUT2D eigenvalue weighted by Crippen LogP contribution is -2.28. The van der Waals surface area contributed by atoms with Crippen molar-refractivity contribution < 1.29 is 8.81 Å². The number of nitrogens with two attached hydrogens (primary N) is 1. The maximum absolute atomic E-state index is 13.3. The lowest BCUT2D eigenvalue weighted by molar-refractivity contribution is 0.402. The fourth-order valence-corrected chi connectivity index (χ4v) is 2.43. The van der Waals surface area contributed by atoms with Crippen LogP contribution in [-0.4, -0.2) is 0 Å². The van der Waals surface area contributed by atoms with E-state index in [4.69, 9.17) is 10.3 Å². The highest BCUT2D eigenvalue weighted by Gasteiger charge is 2.19. The van der Waals surface area contributed by atoms with Gasteiger partial charge in [-0.15, -0.1) is 0 Å². The van der Waals surface area contributed by atoms with Crippen LogP contribution in [0.4, 0.5) is 4.39 Å². The molecule has 0 spiro atoms. The maximum Gasteiger partial charge on any atom is 0.134 e. The summed E-state index contributed by atoms with van der Waals surface area (Å²) in [7, 11) is 0. The molecule has 2 rings (SSSR count). The number of hydrazine groups is 1. The Morgan fingerprint density at radius 1 is 1.37 bits per heavy atom. The zero-order valence-corrected chi connectivity index (χ0v) is 11.5. The van der Waals surface area contributed by atoms with Gasteiger partial charge < -0.3 is 4.42 Å². The Hall–Kier alpha value is -1.39. The number of nitrogens with one attached hydrogen (secondary N) is 1. The molecule has 3 N–H and O–H groups in total. The van der Waals surface area contributed by atoms with Crippen molar-refractivity contribution >= 4 is 11.0 Å². The highest BCUT2D eigenvalue weighted by molar-refractivity contribution is 5.82. The Kier molecular flexibility index (Phi) is 4.56. The van der Waals surface area contributed by atoms with Gasteiger partial charge >= 0.3 is 0 Å². The number of furan rings is 1. The van der Waals surface area contributed by atoms with E-state index in [1.54, 1.807) is 6.07 Å². The summed E-state index contributed by atoms with van der Waals surface area (Å²) < 4.78 is 19.1. The molecular formula is C15H21FN2O. The molecule has 0 saturated carbocycles. The van der Waals surface area contributed by atoms with Gasteiger partial charge in [-0.25, -0.2) is 9.82 Å². The van der Waals surface area contributed by atoms with Gasteiger partial charge in [0.2, 0.25) is 0 Å². The minimum absolute atomic E-state index is 0.0120. The van der Waals surface area contributed by atoms with Crippen molar-refractivity contribution in [1.29, 1.82) is 0 Å². The van der Waals surface area contributed by atoms with Crippen molar-refractivity contribution in [2.45, 2.75) is 45.6 Å². The summed E-state index contributed by atoms with van der Waals surface area (Å²) in [5.41, 5.74) is 4.49. The predicted octanol–water partition coefficient (Wildman–Crippen LogP) is 3.97. The second-order valence-electron chi connectivity index (χ2n) is 4.95. The maximum atomic E-state index is 13.3. The number of aryl methyl sites for hydroxylation is 1. The summed E-state index contributed by atoms with van der Waals surface area (Å²) in [5.74, 6) is 6.20. The Morgan fingerprint density at radius 2 is 2.16 bits per heavy atom. The van der Waals surface area contributed by atoms with Gasteiger partial charge in [-0.1, -0.05) is 26.2 Å². The standard InChI is InChI=1S/C15H21FN2O/c1-3-4-5-6-13(18-17)15-10(2)12-9-11(16)7-8-14(12)19-15/h7-9,13,18H,3-6,17H2,1-2H3. The Balaban J connectivity index is 2.29. The first-order chi connectivity index (χ1) is 9.17. The minimum atomic E-state index is -0.244.